The number of hydrogen-bond acceptors (Lipinski definition) is 5. The summed E-state index contributed by atoms with van der Waals surface area (Å²) >= 11 is 5.96. The van der Waals surface area contributed by atoms with Crippen LogP contribution in [0.4, 0.5) is 11.4 Å². The number of anilines is 2. The summed E-state index contributed by atoms with van der Waals surface area (Å²) in [6.45, 7) is 3.08. The molecule has 0 bridgehead atoms. The van der Waals surface area contributed by atoms with E-state index < -0.39 is 6.04 Å². The van der Waals surface area contributed by atoms with Gasteiger partial charge in [0.15, 0.2) is 0 Å². The van der Waals surface area contributed by atoms with E-state index >= 15 is 0 Å². The molecule has 0 aromatic heterocycles. The molecule has 2 aromatic rings. The number of nitrogens with zero attached hydrogens (tertiary/aromatic N) is 3. The van der Waals surface area contributed by atoms with E-state index in [-0.39, 0.29) is 18.2 Å². The van der Waals surface area contributed by atoms with Crippen molar-refractivity contribution in [2.24, 2.45) is 0 Å². The zero-order valence-corrected chi connectivity index (χ0v) is 16.4. The number of amides is 2. The molecule has 28 heavy (non-hydrogen) atoms. The maximum atomic E-state index is 13.0. The fourth-order valence-corrected chi connectivity index (χ4v) is 3.99. The molecular formula is C21H22ClN3O3. The summed E-state index contributed by atoms with van der Waals surface area (Å²) in [5.74, 6) is 0.305. The minimum absolute atomic E-state index is 0.154. The number of piperazine rings is 1. The van der Waals surface area contributed by atoms with Crippen LogP contribution in [0.5, 0.6) is 5.75 Å². The van der Waals surface area contributed by atoms with Gasteiger partial charge >= 0.3 is 0 Å². The lowest BCUT2D eigenvalue weighted by molar-refractivity contribution is -0.123. The molecule has 2 aliphatic heterocycles. The molecule has 2 amide bonds. The molecule has 6 nitrogen and oxygen atoms in total. The van der Waals surface area contributed by atoms with E-state index in [4.69, 9.17) is 16.3 Å². The van der Waals surface area contributed by atoms with Crippen molar-refractivity contribution in [3.63, 3.8) is 0 Å². The molecule has 2 aromatic carbocycles. The van der Waals surface area contributed by atoms with Gasteiger partial charge in [-0.3, -0.25) is 14.5 Å². The first-order valence-electron chi connectivity index (χ1n) is 9.32. The standard InChI is InChI=1S/C21H22ClN3O3/c1-28-18-4-2-3-17(13-18)25-20(26)14-19(21(25)27)24-11-9-23(10-12-24)16-7-5-15(22)6-8-16/h2-8,13,19H,9-12,14H2,1H3. The topological polar surface area (TPSA) is 53.1 Å². The molecule has 0 aliphatic carbocycles. The fourth-order valence-electron chi connectivity index (χ4n) is 3.87. The molecule has 2 fully saturated rings. The average molecular weight is 400 g/mol. The molecule has 1 unspecified atom stereocenters. The van der Waals surface area contributed by atoms with Gasteiger partial charge < -0.3 is 9.64 Å². The molecule has 2 saturated heterocycles. The number of rotatable bonds is 4. The summed E-state index contributed by atoms with van der Waals surface area (Å²) < 4.78 is 5.22. The van der Waals surface area contributed by atoms with Crippen LogP contribution in [0.2, 0.25) is 5.02 Å². The third-order valence-corrected chi connectivity index (χ3v) is 5.63. The van der Waals surface area contributed by atoms with Gasteiger partial charge in [-0.15, -0.1) is 0 Å². The Balaban J connectivity index is 1.44. The van der Waals surface area contributed by atoms with Crippen LogP contribution < -0.4 is 14.5 Å². The lowest BCUT2D eigenvalue weighted by Gasteiger charge is -2.38. The lowest BCUT2D eigenvalue weighted by Crippen LogP contribution is -2.52. The second kappa shape index (κ2) is 7.81. The summed E-state index contributed by atoms with van der Waals surface area (Å²) in [4.78, 5) is 31.2. The maximum Gasteiger partial charge on any atom is 0.251 e. The molecular weight excluding hydrogens is 378 g/mol. The van der Waals surface area contributed by atoms with Gasteiger partial charge in [-0.2, -0.15) is 0 Å². The Bertz CT molecular complexity index is 879. The van der Waals surface area contributed by atoms with Crippen LogP contribution in [0.15, 0.2) is 48.5 Å². The molecule has 0 radical (unpaired) electrons. The summed E-state index contributed by atoms with van der Waals surface area (Å²) in [5, 5.41) is 0.718. The normalized spacial score (nSPS) is 20.7. The van der Waals surface area contributed by atoms with Gasteiger partial charge in [-0.25, -0.2) is 4.90 Å². The van der Waals surface area contributed by atoms with Crippen LogP contribution in [0.25, 0.3) is 0 Å². The van der Waals surface area contributed by atoms with Crippen LogP contribution >= 0.6 is 11.6 Å². The summed E-state index contributed by atoms with van der Waals surface area (Å²) in [6, 6.07) is 14.4. The van der Waals surface area contributed by atoms with Crippen LogP contribution in [0.3, 0.4) is 0 Å². The van der Waals surface area contributed by atoms with Gasteiger partial charge in [0.05, 0.1) is 25.3 Å². The first-order chi connectivity index (χ1) is 13.6. The van der Waals surface area contributed by atoms with Gasteiger partial charge in [-0.1, -0.05) is 17.7 Å². The maximum absolute atomic E-state index is 13.0. The number of hydrogen-bond donors (Lipinski definition) is 0. The van der Waals surface area contributed by atoms with E-state index in [1.807, 2.05) is 24.3 Å². The number of imide groups is 1. The van der Waals surface area contributed by atoms with Gasteiger partial charge in [0.2, 0.25) is 5.91 Å². The van der Waals surface area contributed by atoms with Crippen LogP contribution in [-0.4, -0.2) is 56.0 Å². The molecule has 0 N–H and O–H groups in total. The molecule has 2 heterocycles. The smallest absolute Gasteiger partial charge is 0.251 e. The highest BCUT2D eigenvalue weighted by atomic mass is 35.5. The predicted octanol–water partition coefficient (Wildman–Crippen LogP) is 2.80. The van der Waals surface area contributed by atoms with E-state index in [0.717, 1.165) is 36.9 Å². The Hall–Kier alpha value is -2.57. The highest BCUT2D eigenvalue weighted by Crippen LogP contribution is 2.29. The molecule has 0 spiro atoms. The van der Waals surface area contributed by atoms with Crippen molar-refractivity contribution in [3.8, 4) is 5.75 Å². The molecule has 4 rings (SSSR count). The van der Waals surface area contributed by atoms with E-state index in [1.165, 1.54) is 4.90 Å². The second-order valence-electron chi connectivity index (χ2n) is 6.99. The largest absolute Gasteiger partial charge is 0.497 e. The second-order valence-corrected chi connectivity index (χ2v) is 7.42. The number of carbonyl (C=O) groups excluding carboxylic acids is 2. The Labute approximate surface area is 169 Å². The Kier molecular flexibility index (Phi) is 5.24. The predicted molar refractivity (Wildman–Crippen MR) is 109 cm³/mol. The molecule has 7 heteroatoms. The zero-order valence-electron chi connectivity index (χ0n) is 15.7. The first kappa shape index (κ1) is 18.8. The minimum Gasteiger partial charge on any atom is -0.497 e. The minimum atomic E-state index is -0.397. The third kappa shape index (κ3) is 3.57. The van der Waals surface area contributed by atoms with Crippen molar-refractivity contribution in [1.82, 2.24) is 4.90 Å². The SMILES string of the molecule is COc1cccc(N2C(=O)CC(N3CCN(c4ccc(Cl)cc4)CC3)C2=O)c1. The van der Waals surface area contributed by atoms with Crippen LogP contribution in [0, 0.1) is 0 Å². The monoisotopic (exact) mass is 399 g/mol. The number of methoxy groups -OCH3 is 1. The Morgan fingerprint density at radius 2 is 1.68 bits per heavy atom. The van der Waals surface area contributed by atoms with Crippen molar-refractivity contribution in [2.45, 2.75) is 12.5 Å². The number of halogens is 1. The van der Waals surface area contributed by atoms with Gasteiger partial charge in [0.25, 0.3) is 5.91 Å². The van der Waals surface area contributed by atoms with Crippen molar-refractivity contribution >= 4 is 34.8 Å². The van der Waals surface area contributed by atoms with Crippen LogP contribution in [-0.2, 0) is 9.59 Å². The van der Waals surface area contributed by atoms with Crippen molar-refractivity contribution < 1.29 is 14.3 Å². The van der Waals surface area contributed by atoms with Gasteiger partial charge in [0.1, 0.15) is 5.75 Å². The molecule has 2 aliphatic rings. The summed E-state index contributed by atoms with van der Waals surface area (Å²) in [7, 11) is 1.57. The van der Waals surface area contributed by atoms with E-state index in [1.54, 1.807) is 31.4 Å². The van der Waals surface area contributed by atoms with E-state index in [9.17, 15) is 9.59 Å². The Morgan fingerprint density at radius 3 is 2.36 bits per heavy atom. The zero-order chi connectivity index (χ0) is 19.7. The van der Waals surface area contributed by atoms with Crippen molar-refractivity contribution in [3.05, 3.63) is 53.6 Å². The highest BCUT2D eigenvalue weighted by Gasteiger charge is 2.43. The summed E-state index contributed by atoms with van der Waals surface area (Å²) in [5.41, 5.74) is 1.69. The molecule has 1 atom stereocenters. The van der Waals surface area contributed by atoms with Gasteiger partial charge in [-0.05, 0) is 36.4 Å². The lowest BCUT2D eigenvalue weighted by atomic mass is 10.1. The fraction of sp³-hybridized carbons (Fsp3) is 0.333. The van der Waals surface area contributed by atoms with Crippen molar-refractivity contribution in [1.29, 1.82) is 0 Å². The van der Waals surface area contributed by atoms with Gasteiger partial charge in [0, 0.05) is 43.0 Å². The Morgan fingerprint density at radius 1 is 0.964 bits per heavy atom. The highest BCUT2D eigenvalue weighted by molar-refractivity contribution is 6.30. The van der Waals surface area contributed by atoms with Crippen molar-refractivity contribution in [2.75, 3.05) is 43.1 Å². The quantitative estimate of drug-likeness (QED) is 0.740. The van der Waals surface area contributed by atoms with Crippen LogP contribution in [0.1, 0.15) is 6.42 Å². The third-order valence-electron chi connectivity index (χ3n) is 5.38. The number of carbonyl (C=O) groups is 2. The number of ether oxygens (including phenoxy) is 1. The molecule has 146 valence electrons. The number of benzene rings is 2. The average Bonchev–Trinajstić information content (AvgIpc) is 3.03. The molecule has 0 saturated carbocycles. The first-order valence-corrected chi connectivity index (χ1v) is 9.70. The summed E-state index contributed by atoms with van der Waals surface area (Å²) in [6.07, 6.45) is 0.219. The van der Waals surface area contributed by atoms with E-state index in [2.05, 4.69) is 9.80 Å². The van der Waals surface area contributed by atoms with E-state index in [0.29, 0.717) is 11.4 Å².